The van der Waals surface area contributed by atoms with Crippen molar-refractivity contribution in [3.05, 3.63) is 35.5 Å². The molecule has 0 saturated heterocycles. The summed E-state index contributed by atoms with van der Waals surface area (Å²) in [7, 11) is -3.18. The fourth-order valence-corrected chi connectivity index (χ4v) is 3.43. The van der Waals surface area contributed by atoms with Crippen LogP contribution in [0.15, 0.2) is 18.3 Å². The Morgan fingerprint density at radius 3 is 2.91 bits per heavy atom. The molecule has 0 aliphatic carbocycles. The molecule has 0 bridgehead atoms. The normalized spacial score (nSPS) is 15.9. The zero-order valence-electron chi connectivity index (χ0n) is 13.2. The Balaban J connectivity index is 1.72. The van der Waals surface area contributed by atoms with Gasteiger partial charge < -0.3 is 5.32 Å². The summed E-state index contributed by atoms with van der Waals surface area (Å²) in [5, 5.41) is 7.76. The fourth-order valence-electron chi connectivity index (χ4n) is 2.60. The van der Waals surface area contributed by atoms with E-state index in [4.69, 9.17) is 0 Å². The highest BCUT2D eigenvalue weighted by Crippen LogP contribution is 2.16. The van der Waals surface area contributed by atoms with Crippen molar-refractivity contribution in [3.8, 4) is 0 Å². The smallest absolute Gasteiger partial charge is 0.211 e. The molecule has 0 fully saturated rings. The first-order chi connectivity index (χ1) is 10.9. The maximum absolute atomic E-state index is 11.8. The molecule has 2 aromatic heterocycles. The molecule has 8 nitrogen and oxygen atoms in total. The zero-order chi connectivity index (χ0) is 16.4. The predicted molar refractivity (Wildman–Crippen MR) is 86.2 cm³/mol. The summed E-state index contributed by atoms with van der Waals surface area (Å²) in [6, 6.07) is 3.75. The third-order valence-electron chi connectivity index (χ3n) is 3.73. The topological polar surface area (TPSA) is 93.0 Å². The van der Waals surface area contributed by atoms with Crippen LogP contribution in [-0.4, -0.2) is 45.3 Å². The van der Waals surface area contributed by atoms with Crippen LogP contribution in [0.25, 0.3) is 0 Å². The zero-order valence-corrected chi connectivity index (χ0v) is 14.0. The third-order valence-corrected chi connectivity index (χ3v) is 4.98. The third kappa shape index (κ3) is 3.85. The molecule has 1 N–H and O–H groups in total. The van der Waals surface area contributed by atoms with E-state index in [-0.39, 0.29) is 0 Å². The van der Waals surface area contributed by atoms with Gasteiger partial charge in [-0.15, -0.1) is 0 Å². The Bertz CT molecular complexity index is 801. The Morgan fingerprint density at radius 1 is 1.35 bits per heavy atom. The van der Waals surface area contributed by atoms with Crippen molar-refractivity contribution in [1.82, 2.24) is 24.1 Å². The highest BCUT2D eigenvalue weighted by atomic mass is 32.2. The van der Waals surface area contributed by atoms with Crippen LogP contribution in [0, 0.1) is 6.92 Å². The molecule has 2 aromatic rings. The molecule has 9 heteroatoms. The van der Waals surface area contributed by atoms with E-state index in [2.05, 4.69) is 20.4 Å². The molecule has 0 spiro atoms. The Labute approximate surface area is 135 Å². The van der Waals surface area contributed by atoms with E-state index in [0.29, 0.717) is 25.5 Å². The lowest BCUT2D eigenvalue weighted by molar-refractivity contribution is 0.414. The lowest BCUT2D eigenvalue weighted by atomic mass is 10.3. The first-order valence-corrected chi connectivity index (χ1v) is 9.31. The Kier molecular flexibility index (Phi) is 4.31. The summed E-state index contributed by atoms with van der Waals surface area (Å²) in [5.74, 6) is 1.46. The first-order valence-electron chi connectivity index (χ1n) is 7.46. The Morgan fingerprint density at radius 2 is 2.17 bits per heavy atom. The molecule has 3 rings (SSSR count). The van der Waals surface area contributed by atoms with Gasteiger partial charge in [0.1, 0.15) is 11.6 Å². The van der Waals surface area contributed by atoms with E-state index in [9.17, 15) is 8.42 Å². The van der Waals surface area contributed by atoms with Gasteiger partial charge in [0, 0.05) is 19.3 Å². The van der Waals surface area contributed by atoms with Crippen molar-refractivity contribution in [1.29, 1.82) is 0 Å². The van der Waals surface area contributed by atoms with Gasteiger partial charge in [0.15, 0.2) is 0 Å². The van der Waals surface area contributed by atoms with Crippen molar-refractivity contribution >= 4 is 15.8 Å². The minimum atomic E-state index is -3.18. The molecule has 23 heavy (non-hydrogen) atoms. The number of sulfonamides is 1. The fraction of sp³-hybridized carbons (Fsp3) is 0.500. The van der Waals surface area contributed by atoms with Gasteiger partial charge in [-0.25, -0.2) is 18.4 Å². The molecule has 0 atom stereocenters. The molecule has 0 radical (unpaired) electrons. The van der Waals surface area contributed by atoms with Crippen LogP contribution in [0.5, 0.6) is 0 Å². The van der Waals surface area contributed by atoms with Crippen molar-refractivity contribution in [3.63, 3.8) is 0 Å². The number of aromatic nitrogens is 4. The van der Waals surface area contributed by atoms with E-state index in [1.165, 1.54) is 10.6 Å². The summed E-state index contributed by atoms with van der Waals surface area (Å²) in [6.07, 6.45) is 3.72. The summed E-state index contributed by atoms with van der Waals surface area (Å²) in [4.78, 5) is 8.34. The second-order valence-corrected chi connectivity index (χ2v) is 7.63. The van der Waals surface area contributed by atoms with Gasteiger partial charge >= 0.3 is 0 Å². The molecule has 124 valence electrons. The molecular weight excluding hydrogens is 316 g/mol. The number of rotatable bonds is 4. The van der Waals surface area contributed by atoms with Gasteiger partial charge in [0.2, 0.25) is 10.0 Å². The number of nitrogens with one attached hydrogen (secondary N) is 1. The highest BCUT2D eigenvalue weighted by molar-refractivity contribution is 7.88. The van der Waals surface area contributed by atoms with E-state index in [1.54, 1.807) is 12.3 Å². The van der Waals surface area contributed by atoms with Crippen LogP contribution in [-0.2, 0) is 29.7 Å². The monoisotopic (exact) mass is 336 g/mol. The maximum Gasteiger partial charge on any atom is 0.211 e. The average Bonchev–Trinajstić information content (AvgIpc) is 2.74. The summed E-state index contributed by atoms with van der Waals surface area (Å²) >= 11 is 0. The molecular formula is C14H20N6O2S. The standard InChI is InChI=1S/C14H20N6O2S/c1-11-15-5-4-14(17-11)16-9-12-8-13-10-19(23(2,21)22)6-3-7-20(13)18-12/h4-5,8H,3,6-7,9-10H2,1-2H3,(H,15,16,17). The van der Waals surface area contributed by atoms with Crippen LogP contribution in [0.1, 0.15) is 23.6 Å². The summed E-state index contributed by atoms with van der Waals surface area (Å²) in [5.41, 5.74) is 1.79. The maximum atomic E-state index is 11.8. The molecule has 0 amide bonds. The number of fused-ring (bicyclic) bond motifs is 1. The van der Waals surface area contributed by atoms with E-state index in [1.807, 2.05) is 17.7 Å². The number of hydrogen-bond acceptors (Lipinski definition) is 6. The lowest BCUT2D eigenvalue weighted by Gasteiger charge is -2.16. The Hall–Kier alpha value is -2.00. The van der Waals surface area contributed by atoms with Crippen LogP contribution < -0.4 is 5.32 Å². The largest absolute Gasteiger partial charge is 0.364 e. The number of hydrogen-bond donors (Lipinski definition) is 1. The van der Waals surface area contributed by atoms with Crippen LogP contribution in [0.2, 0.25) is 0 Å². The van der Waals surface area contributed by atoms with Crippen LogP contribution in [0.4, 0.5) is 5.82 Å². The number of nitrogens with zero attached hydrogens (tertiary/aromatic N) is 5. The van der Waals surface area contributed by atoms with E-state index in [0.717, 1.165) is 30.2 Å². The second-order valence-electron chi connectivity index (χ2n) is 5.64. The average molecular weight is 336 g/mol. The van der Waals surface area contributed by atoms with E-state index >= 15 is 0 Å². The van der Waals surface area contributed by atoms with Gasteiger partial charge in [-0.1, -0.05) is 0 Å². The first kappa shape index (κ1) is 15.9. The minimum Gasteiger partial charge on any atom is -0.364 e. The van der Waals surface area contributed by atoms with Crippen molar-refractivity contribution in [2.75, 3.05) is 18.1 Å². The second kappa shape index (κ2) is 6.25. The van der Waals surface area contributed by atoms with Gasteiger partial charge in [0.05, 0.1) is 30.7 Å². The minimum absolute atomic E-state index is 0.373. The van der Waals surface area contributed by atoms with Crippen LogP contribution >= 0.6 is 0 Å². The molecule has 1 aliphatic heterocycles. The molecule has 1 aliphatic rings. The van der Waals surface area contributed by atoms with Crippen LogP contribution in [0.3, 0.4) is 0 Å². The van der Waals surface area contributed by atoms with Crippen molar-refractivity contribution in [2.45, 2.75) is 33.0 Å². The van der Waals surface area contributed by atoms with Gasteiger partial charge in [0.25, 0.3) is 0 Å². The van der Waals surface area contributed by atoms with Gasteiger partial charge in [-0.2, -0.15) is 9.40 Å². The van der Waals surface area contributed by atoms with Crippen molar-refractivity contribution < 1.29 is 8.42 Å². The van der Waals surface area contributed by atoms with Crippen molar-refractivity contribution in [2.24, 2.45) is 0 Å². The molecule has 0 unspecified atom stereocenters. The molecule has 0 saturated carbocycles. The SMILES string of the molecule is Cc1nccc(NCc2cc3n(n2)CCCN(S(C)(=O)=O)C3)n1. The number of aryl methyl sites for hydroxylation is 2. The molecule has 0 aromatic carbocycles. The highest BCUT2D eigenvalue weighted by Gasteiger charge is 2.22. The van der Waals surface area contributed by atoms with Gasteiger partial charge in [-0.05, 0) is 25.5 Å². The lowest BCUT2D eigenvalue weighted by Crippen LogP contribution is -2.29. The summed E-state index contributed by atoms with van der Waals surface area (Å²) in [6.45, 7) is 4.02. The summed E-state index contributed by atoms with van der Waals surface area (Å²) < 4.78 is 26.9. The predicted octanol–water partition coefficient (Wildman–Crippen LogP) is 0.759. The quantitative estimate of drug-likeness (QED) is 0.886. The van der Waals surface area contributed by atoms with E-state index < -0.39 is 10.0 Å². The molecule has 3 heterocycles. The number of anilines is 1. The van der Waals surface area contributed by atoms with Gasteiger partial charge in [-0.3, -0.25) is 4.68 Å².